The van der Waals surface area contributed by atoms with Gasteiger partial charge in [-0.05, 0) is 30.3 Å². The highest BCUT2D eigenvalue weighted by molar-refractivity contribution is 5.61. The minimum atomic E-state index is -4.41. The summed E-state index contributed by atoms with van der Waals surface area (Å²) >= 11 is 0. The van der Waals surface area contributed by atoms with Gasteiger partial charge in [-0.1, -0.05) is 12.1 Å². The fourth-order valence-electron chi connectivity index (χ4n) is 1.93. The van der Waals surface area contributed by atoms with Gasteiger partial charge in [-0.3, -0.25) is 5.10 Å². The molecule has 0 spiro atoms. The second kappa shape index (κ2) is 4.56. The molecule has 3 nitrogen and oxygen atoms in total. The summed E-state index contributed by atoms with van der Waals surface area (Å²) in [5, 5.41) is 5.70. The summed E-state index contributed by atoms with van der Waals surface area (Å²) in [5.41, 5.74) is 0.997. The van der Waals surface area contributed by atoms with E-state index < -0.39 is 11.9 Å². The second-order valence-electron chi connectivity index (χ2n) is 4.30. The minimum Gasteiger partial charge on any atom is -0.324 e. The van der Waals surface area contributed by atoms with Crippen LogP contribution in [0.15, 0.2) is 54.9 Å². The van der Waals surface area contributed by atoms with E-state index in [4.69, 9.17) is 0 Å². The smallest absolute Gasteiger partial charge is 0.324 e. The highest BCUT2D eigenvalue weighted by Crippen LogP contribution is 2.30. The molecule has 0 atom stereocenters. The number of aromatic amines is 1. The van der Waals surface area contributed by atoms with Crippen molar-refractivity contribution in [1.29, 1.82) is 0 Å². The Bertz CT molecular complexity index is 694. The van der Waals surface area contributed by atoms with Crippen LogP contribution in [0.5, 0.6) is 0 Å². The first-order valence-electron chi connectivity index (χ1n) is 5.90. The fraction of sp³-hybridized carbons (Fsp3) is 0.0714. The lowest BCUT2D eigenvalue weighted by Gasteiger charge is -2.03. The summed E-state index contributed by atoms with van der Waals surface area (Å²) < 4.78 is 39.4. The average Bonchev–Trinajstić information content (AvgIpc) is 3.10. The molecule has 0 radical (unpaired) electrons. The number of nitrogens with zero attached hydrogens (tertiary/aromatic N) is 2. The highest BCUT2D eigenvalue weighted by Gasteiger charge is 2.33. The van der Waals surface area contributed by atoms with E-state index in [0.29, 0.717) is 5.56 Å². The Morgan fingerprint density at radius 3 is 2.20 bits per heavy atom. The molecule has 1 aromatic carbocycles. The number of benzene rings is 1. The Labute approximate surface area is 112 Å². The molecule has 3 rings (SSSR count). The highest BCUT2D eigenvalue weighted by atomic mass is 19.4. The molecule has 102 valence electrons. The van der Waals surface area contributed by atoms with Crippen LogP contribution in [-0.4, -0.2) is 14.8 Å². The normalized spacial score (nSPS) is 11.8. The monoisotopic (exact) mass is 277 g/mol. The van der Waals surface area contributed by atoms with Crippen molar-refractivity contribution in [2.75, 3.05) is 0 Å². The van der Waals surface area contributed by atoms with Gasteiger partial charge in [0, 0.05) is 23.6 Å². The van der Waals surface area contributed by atoms with Crippen molar-refractivity contribution in [2.24, 2.45) is 0 Å². The van der Waals surface area contributed by atoms with E-state index in [1.54, 1.807) is 12.1 Å². The third-order valence-electron chi connectivity index (χ3n) is 2.95. The number of hydrogen-bond acceptors (Lipinski definition) is 1. The van der Waals surface area contributed by atoms with Crippen molar-refractivity contribution in [3.8, 4) is 16.9 Å². The number of halogens is 3. The van der Waals surface area contributed by atoms with Crippen molar-refractivity contribution in [3.63, 3.8) is 0 Å². The minimum absolute atomic E-state index is 0.274. The second-order valence-corrected chi connectivity index (χ2v) is 4.30. The summed E-state index contributed by atoms with van der Waals surface area (Å²) in [4.78, 5) is 0. The third-order valence-corrected chi connectivity index (χ3v) is 2.95. The summed E-state index contributed by atoms with van der Waals surface area (Å²) in [5.74, 6) is 0. The van der Waals surface area contributed by atoms with Gasteiger partial charge in [-0.25, -0.2) is 0 Å². The van der Waals surface area contributed by atoms with E-state index >= 15 is 0 Å². The van der Waals surface area contributed by atoms with Crippen LogP contribution < -0.4 is 0 Å². The molecular weight excluding hydrogens is 267 g/mol. The van der Waals surface area contributed by atoms with E-state index in [-0.39, 0.29) is 5.69 Å². The maximum absolute atomic E-state index is 12.5. The van der Waals surface area contributed by atoms with Crippen molar-refractivity contribution in [2.45, 2.75) is 6.18 Å². The van der Waals surface area contributed by atoms with Gasteiger partial charge in [-0.2, -0.15) is 18.3 Å². The van der Waals surface area contributed by atoms with Gasteiger partial charge in [0.15, 0.2) is 0 Å². The van der Waals surface area contributed by atoms with Gasteiger partial charge in [-0.15, -0.1) is 0 Å². The van der Waals surface area contributed by atoms with E-state index in [2.05, 4.69) is 5.10 Å². The lowest BCUT2D eigenvalue weighted by molar-refractivity contribution is -0.141. The van der Waals surface area contributed by atoms with Crippen molar-refractivity contribution in [1.82, 2.24) is 14.8 Å². The largest absolute Gasteiger partial charge is 0.432 e. The lowest BCUT2D eigenvalue weighted by atomic mass is 10.1. The summed E-state index contributed by atoms with van der Waals surface area (Å²) in [7, 11) is 0. The molecule has 0 fully saturated rings. The molecule has 3 aromatic rings. The van der Waals surface area contributed by atoms with Crippen LogP contribution in [0.4, 0.5) is 13.2 Å². The van der Waals surface area contributed by atoms with Gasteiger partial charge >= 0.3 is 6.18 Å². The topological polar surface area (TPSA) is 33.6 Å². The Morgan fingerprint density at radius 1 is 1.00 bits per heavy atom. The number of rotatable bonds is 2. The molecule has 0 bridgehead atoms. The maximum atomic E-state index is 12.5. The molecule has 0 saturated heterocycles. The molecule has 1 N–H and O–H groups in total. The van der Waals surface area contributed by atoms with Crippen molar-refractivity contribution in [3.05, 3.63) is 60.6 Å². The van der Waals surface area contributed by atoms with Gasteiger partial charge < -0.3 is 4.57 Å². The molecule has 20 heavy (non-hydrogen) atoms. The molecular formula is C14H10F3N3. The summed E-state index contributed by atoms with van der Waals surface area (Å²) in [6.45, 7) is 0. The van der Waals surface area contributed by atoms with Crippen molar-refractivity contribution < 1.29 is 13.2 Å². The number of hydrogen-bond donors (Lipinski definition) is 1. The number of aromatic nitrogens is 3. The number of alkyl halides is 3. The SMILES string of the molecule is FC(F)(F)c1cc(-c2ccc(-n3cccc3)cc2)n[nH]1. The summed E-state index contributed by atoms with van der Waals surface area (Å²) in [6.07, 6.45) is -0.618. The van der Waals surface area contributed by atoms with Crippen LogP contribution in [0.2, 0.25) is 0 Å². The van der Waals surface area contributed by atoms with E-state index in [9.17, 15) is 13.2 Å². The van der Waals surface area contributed by atoms with Gasteiger partial charge in [0.2, 0.25) is 0 Å². The van der Waals surface area contributed by atoms with Crippen LogP contribution in [0.3, 0.4) is 0 Å². The lowest BCUT2D eigenvalue weighted by Crippen LogP contribution is -2.04. The van der Waals surface area contributed by atoms with E-state index in [0.717, 1.165) is 11.8 Å². The third kappa shape index (κ3) is 2.32. The predicted octanol–water partition coefficient (Wildman–Crippen LogP) is 3.89. The Hall–Kier alpha value is -2.50. The van der Waals surface area contributed by atoms with Crippen molar-refractivity contribution >= 4 is 0 Å². The molecule has 6 heteroatoms. The number of nitrogens with one attached hydrogen (secondary N) is 1. The molecule has 0 aliphatic carbocycles. The van der Waals surface area contributed by atoms with Gasteiger partial charge in [0.05, 0.1) is 5.69 Å². The zero-order valence-corrected chi connectivity index (χ0v) is 10.2. The predicted molar refractivity (Wildman–Crippen MR) is 68.4 cm³/mol. The van der Waals surface area contributed by atoms with Crippen LogP contribution in [0, 0.1) is 0 Å². The first-order chi connectivity index (χ1) is 9.54. The number of H-pyrrole nitrogens is 1. The van der Waals surface area contributed by atoms with Crippen LogP contribution in [0.1, 0.15) is 5.69 Å². The molecule has 0 aliphatic rings. The molecule has 0 aliphatic heterocycles. The molecule has 0 amide bonds. The zero-order valence-electron chi connectivity index (χ0n) is 10.2. The standard InChI is InChI=1S/C14H10F3N3/c15-14(16,17)13-9-12(18-19-13)10-3-5-11(6-4-10)20-7-1-2-8-20/h1-9H,(H,18,19). The molecule has 0 saturated carbocycles. The Balaban J connectivity index is 1.90. The first-order valence-corrected chi connectivity index (χ1v) is 5.90. The van der Waals surface area contributed by atoms with Crippen LogP contribution in [-0.2, 0) is 6.18 Å². The summed E-state index contributed by atoms with van der Waals surface area (Å²) in [6, 6.07) is 11.9. The Kier molecular flexibility index (Phi) is 2.85. The quantitative estimate of drug-likeness (QED) is 0.757. The molecule has 0 unspecified atom stereocenters. The zero-order chi connectivity index (χ0) is 14.2. The van der Waals surface area contributed by atoms with Gasteiger partial charge in [0.25, 0.3) is 0 Å². The first kappa shape index (κ1) is 12.5. The molecule has 2 heterocycles. The van der Waals surface area contributed by atoms with Crippen LogP contribution in [0.25, 0.3) is 16.9 Å². The maximum Gasteiger partial charge on any atom is 0.432 e. The van der Waals surface area contributed by atoms with Crippen LogP contribution >= 0.6 is 0 Å². The fourth-order valence-corrected chi connectivity index (χ4v) is 1.93. The molecule has 2 aromatic heterocycles. The average molecular weight is 277 g/mol. The van der Waals surface area contributed by atoms with E-state index in [1.807, 2.05) is 46.3 Å². The Morgan fingerprint density at radius 2 is 1.65 bits per heavy atom. The van der Waals surface area contributed by atoms with E-state index in [1.165, 1.54) is 0 Å². The van der Waals surface area contributed by atoms with Gasteiger partial charge in [0.1, 0.15) is 5.69 Å².